The van der Waals surface area contributed by atoms with Crippen LogP contribution < -0.4 is 5.32 Å². The van der Waals surface area contributed by atoms with E-state index in [0.717, 1.165) is 42.4 Å². The Morgan fingerprint density at radius 2 is 1.58 bits per heavy atom. The number of carbonyl (C=O) groups excluding carboxylic acids is 2. The summed E-state index contributed by atoms with van der Waals surface area (Å²) in [7, 11) is 0. The van der Waals surface area contributed by atoms with Gasteiger partial charge in [0.1, 0.15) is 11.9 Å². The highest BCUT2D eigenvalue weighted by Gasteiger charge is 2.32. The summed E-state index contributed by atoms with van der Waals surface area (Å²) in [6.07, 6.45) is 5.80. The van der Waals surface area contributed by atoms with Crippen molar-refractivity contribution in [3.8, 4) is 0 Å². The number of hydrogen-bond acceptors (Lipinski definition) is 2. The van der Waals surface area contributed by atoms with Crippen molar-refractivity contribution < 1.29 is 14.0 Å². The lowest BCUT2D eigenvalue weighted by atomic mass is 9.94. The highest BCUT2D eigenvalue weighted by Crippen LogP contribution is 2.21. The van der Waals surface area contributed by atoms with E-state index in [2.05, 4.69) is 5.32 Å². The van der Waals surface area contributed by atoms with E-state index in [0.29, 0.717) is 11.4 Å². The van der Waals surface area contributed by atoms with E-state index < -0.39 is 6.04 Å². The molecule has 36 heavy (non-hydrogen) atoms. The lowest BCUT2D eigenvalue weighted by Crippen LogP contribution is -2.53. The zero-order chi connectivity index (χ0) is 25.3. The summed E-state index contributed by atoms with van der Waals surface area (Å²) in [5, 5.41) is 3.79. The van der Waals surface area contributed by atoms with Gasteiger partial charge in [-0.1, -0.05) is 85.5 Å². The van der Waals surface area contributed by atoms with Crippen molar-refractivity contribution in [1.82, 2.24) is 10.2 Å². The molecule has 4 rings (SSSR count). The van der Waals surface area contributed by atoms with Crippen LogP contribution in [0.4, 0.5) is 4.39 Å². The minimum atomic E-state index is -0.703. The van der Waals surface area contributed by atoms with E-state index in [-0.39, 0.29) is 36.6 Å². The summed E-state index contributed by atoms with van der Waals surface area (Å²) >= 11 is 6.16. The first-order chi connectivity index (χ1) is 17.5. The van der Waals surface area contributed by atoms with Crippen molar-refractivity contribution in [3.05, 3.63) is 106 Å². The summed E-state index contributed by atoms with van der Waals surface area (Å²) in [6.45, 7) is 0.204. The lowest BCUT2D eigenvalue weighted by molar-refractivity contribution is -0.141. The topological polar surface area (TPSA) is 49.4 Å². The summed E-state index contributed by atoms with van der Waals surface area (Å²) in [5.74, 6) is -0.667. The van der Waals surface area contributed by atoms with Crippen LogP contribution in [-0.2, 0) is 29.0 Å². The Balaban J connectivity index is 1.65. The molecule has 1 fully saturated rings. The van der Waals surface area contributed by atoms with Crippen LogP contribution in [0.15, 0.2) is 78.9 Å². The normalized spacial score (nSPS) is 14.7. The van der Waals surface area contributed by atoms with Gasteiger partial charge in [-0.15, -0.1) is 0 Å². The maximum Gasteiger partial charge on any atom is 0.243 e. The van der Waals surface area contributed by atoms with Gasteiger partial charge >= 0.3 is 0 Å². The molecule has 1 N–H and O–H groups in total. The quantitative estimate of drug-likeness (QED) is 0.380. The van der Waals surface area contributed by atoms with Gasteiger partial charge in [-0.05, 0) is 53.8 Å². The van der Waals surface area contributed by atoms with E-state index in [4.69, 9.17) is 11.6 Å². The molecular formula is C30H32ClFN2O2. The fourth-order valence-electron chi connectivity index (χ4n) is 4.81. The SMILES string of the molecule is O=C(NC1CCCCC1)C(Cc1ccccc1)N(Cc1ccc(F)cc1)C(=O)Cc1cccc(Cl)c1. The largest absolute Gasteiger partial charge is 0.352 e. The van der Waals surface area contributed by atoms with Gasteiger partial charge in [0.15, 0.2) is 0 Å². The predicted octanol–water partition coefficient (Wildman–Crippen LogP) is 6.11. The number of carbonyl (C=O) groups is 2. The molecule has 6 heteroatoms. The third-order valence-corrected chi connectivity index (χ3v) is 6.97. The Labute approximate surface area is 217 Å². The molecule has 4 nitrogen and oxygen atoms in total. The Morgan fingerprint density at radius 3 is 2.28 bits per heavy atom. The van der Waals surface area contributed by atoms with Crippen molar-refractivity contribution in [1.29, 1.82) is 0 Å². The van der Waals surface area contributed by atoms with Crippen LogP contribution in [0, 0.1) is 5.82 Å². The van der Waals surface area contributed by atoms with E-state index in [1.165, 1.54) is 18.6 Å². The first kappa shape index (κ1) is 25.9. The monoisotopic (exact) mass is 506 g/mol. The molecule has 1 saturated carbocycles. The average molecular weight is 507 g/mol. The van der Waals surface area contributed by atoms with E-state index >= 15 is 0 Å². The Morgan fingerprint density at radius 1 is 0.889 bits per heavy atom. The fourth-order valence-corrected chi connectivity index (χ4v) is 5.02. The Bertz CT molecular complexity index is 1150. The molecule has 1 unspecified atom stereocenters. The van der Waals surface area contributed by atoms with Crippen LogP contribution in [-0.4, -0.2) is 28.8 Å². The number of nitrogens with zero attached hydrogens (tertiary/aromatic N) is 1. The van der Waals surface area contributed by atoms with Crippen molar-refractivity contribution >= 4 is 23.4 Å². The van der Waals surface area contributed by atoms with Gasteiger partial charge in [-0.2, -0.15) is 0 Å². The third-order valence-electron chi connectivity index (χ3n) is 6.73. The van der Waals surface area contributed by atoms with E-state index in [9.17, 15) is 14.0 Å². The Hall–Kier alpha value is -3.18. The Kier molecular flexibility index (Phi) is 9.12. The summed E-state index contributed by atoms with van der Waals surface area (Å²) in [5.41, 5.74) is 2.52. The number of benzene rings is 3. The standard InChI is InChI=1S/C30H32ClFN2O2/c31-25-11-7-10-24(18-25)20-29(35)34(21-23-14-16-26(32)17-15-23)28(19-22-8-3-1-4-9-22)30(36)33-27-12-5-2-6-13-27/h1,3-4,7-11,14-18,27-28H,2,5-6,12-13,19-21H2,(H,33,36). The van der Waals surface area contributed by atoms with Gasteiger partial charge in [0, 0.05) is 24.0 Å². The van der Waals surface area contributed by atoms with Gasteiger partial charge in [-0.3, -0.25) is 9.59 Å². The van der Waals surface area contributed by atoms with Crippen LogP contribution in [0.2, 0.25) is 5.02 Å². The third kappa shape index (κ3) is 7.41. The first-order valence-electron chi connectivity index (χ1n) is 12.6. The molecule has 1 atom stereocenters. The van der Waals surface area contributed by atoms with Crippen LogP contribution in [0.25, 0.3) is 0 Å². The molecule has 3 aromatic carbocycles. The van der Waals surface area contributed by atoms with E-state index in [1.807, 2.05) is 42.5 Å². The van der Waals surface area contributed by atoms with Crippen molar-refractivity contribution in [2.45, 2.75) is 63.6 Å². The lowest BCUT2D eigenvalue weighted by Gasteiger charge is -2.33. The molecule has 0 aliphatic heterocycles. The number of amides is 2. The number of halogens is 2. The minimum Gasteiger partial charge on any atom is -0.352 e. The van der Waals surface area contributed by atoms with Gasteiger partial charge in [-0.25, -0.2) is 4.39 Å². The molecule has 0 radical (unpaired) electrons. The highest BCUT2D eigenvalue weighted by atomic mass is 35.5. The zero-order valence-electron chi connectivity index (χ0n) is 20.3. The second-order valence-electron chi connectivity index (χ2n) is 9.50. The molecule has 188 valence electrons. The molecule has 0 bridgehead atoms. The summed E-state index contributed by atoms with van der Waals surface area (Å²) in [4.78, 5) is 29.1. The molecule has 0 heterocycles. The van der Waals surface area contributed by atoms with Gasteiger partial charge in [0.2, 0.25) is 11.8 Å². The zero-order valence-corrected chi connectivity index (χ0v) is 21.1. The molecular weight excluding hydrogens is 475 g/mol. The van der Waals surface area contributed by atoms with Crippen molar-refractivity contribution in [3.63, 3.8) is 0 Å². The van der Waals surface area contributed by atoms with Crippen LogP contribution in [0.3, 0.4) is 0 Å². The maximum atomic E-state index is 13.8. The first-order valence-corrected chi connectivity index (χ1v) is 13.0. The number of rotatable bonds is 9. The van der Waals surface area contributed by atoms with Crippen molar-refractivity contribution in [2.24, 2.45) is 0 Å². The summed E-state index contributed by atoms with van der Waals surface area (Å²) < 4.78 is 13.6. The van der Waals surface area contributed by atoms with Crippen LogP contribution in [0.1, 0.15) is 48.8 Å². The van der Waals surface area contributed by atoms with Crippen LogP contribution in [0.5, 0.6) is 0 Å². The summed E-state index contributed by atoms with van der Waals surface area (Å²) in [6, 6.07) is 22.4. The molecule has 1 aliphatic rings. The molecule has 0 saturated heterocycles. The molecule has 0 spiro atoms. The average Bonchev–Trinajstić information content (AvgIpc) is 2.88. The second-order valence-corrected chi connectivity index (χ2v) is 9.94. The second kappa shape index (κ2) is 12.7. The van der Waals surface area contributed by atoms with Crippen LogP contribution >= 0.6 is 11.6 Å². The maximum absolute atomic E-state index is 13.8. The van der Waals surface area contributed by atoms with Gasteiger partial charge < -0.3 is 10.2 Å². The highest BCUT2D eigenvalue weighted by molar-refractivity contribution is 6.30. The minimum absolute atomic E-state index is 0.115. The smallest absolute Gasteiger partial charge is 0.243 e. The van der Waals surface area contributed by atoms with Crippen molar-refractivity contribution in [2.75, 3.05) is 0 Å². The molecule has 0 aromatic heterocycles. The number of nitrogens with one attached hydrogen (secondary N) is 1. The fraction of sp³-hybridized carbons (Fsp3) is 0.333. The van der Waals surface area contributed by atoms with E-state index in [1.54, 1.807) is 29.2 Å². The molecule has 2 amide bonds. The molecule has 3 aromatic rings. The van der Waals surface area contributed by atoms with Gasteiger partial charge in [0.25, 0.3) is 0 Å². The molecule has 1 aliphatic carbocycles. The number of hydrogen-bond donors (Lipinski definition) is 1. The van der Waals surface area contributed by atoms with Gasteiger partial charge in [0.05, 0.1) is 6.42 Å². The predicted molar refractivity (Wildman–Crippen MR) is 141 cm³/mol.